The summed E-state index contributed by atoms with van der Waals surface area (Å²) in [5.41, 5.74) is 3.48. The molecule has 0 aliphatic heterocycles. The van der Waals surface area contributed by atoms with Crippen molar-refractivity contribution in [3.05, 3.63) is 95.8 Å². The van der Waals surface area contributed by atoms with Crippen molar-refractivity contribution in [1.82, 2.24) is 0 Å². The molecule has 0 heterocycles. The highest BCUT2D eigenvalue weighted by molar-refractivity contribution is 5.66. The number of hydrogen-bond acceptors (Lipinski definition) is 2. The van der Waals surface area contributed by atoms with Gasteiger partial charge in [0, 0.05) is 18.4 Å². The molecule has 144 valence electrons. The Kier molecular flexibility index (Phi) is 6.59. The minimum absolute atomic E-state index is 0.0802. The average Bonchev–Trinajstić information content (AvgIpc) is 2.69. The fraction of sp³-hybridized carbons (Fsp3) is 0.240. The zero-order valence-corrected chi connectivity index (χ0v) is 16.3. The maximum absolute atomic E-state index is 14.9. The van der Waals surface area contributed by atoms with Gasteiger partial charge in [-0.2, -0.15) is 0 Å². The molecule has 2 unspecified atom stereocenters. The van der Waals surface area contributed by atoms with Crippen molar-refractivity contribution in [3.63, 3.8) is 0 Å². The summed E-state index contributed by atoms with van der Waals surface area (Å²) in [6, 6.07) is 25.0. The van der Waals surface area contributed by atoms with Crippen molar-refractivity contribution >= 4 is 5.97 Å². The lowest BCUT2D eigenvalue weighted by Crippen LogP contribution is -2.22. The molecule has 0 aliphatic carbocycles. The molecule has 0 bridgehead atoms. The van der Waals surface area contributed by atoms with Gasteiger partial charge < -0.3 is 4.74 Å². The van der Waals surface area contributed by atoms with E-state index in [9.17, 15) is 9.18 Å². The van der Waals surface area contributed by atoms with Gasteiger partial charge in [-0.05, 0) is 42.5 Å². The highest BCUT2D eigenvalue weighted by Gasteiger charge is 2.23. The lowest BCUT2D eigenvalue weighted by Gasteiger charge is -2.25. The van der Waals surface area contributed by atoms with Gasteiger partial charge in [-0.1, -0.05) is 72.8 Å². The first-order chi connectivity index (χ1) is 13.5. The van der Waals surface area contributed by atoms with Crippen molar-refractivity contribution in [1.29, 1.82) is 0 Å². The molecule has 3 heteroatoms. The Labute approximate surface area is 166 Å². The number of rotatable bonds is 7. The van der Waals surface area contributed by atoms with E-state index in [1.54, 1.807) is 6.07 Å². The lowest BCUT2D eigenvalue weighted by atomic mass is 9.87. The molecule has 0 fully saturated rings. The van der Waals surface area contributed by atoms with Crippen molar-refractivity contribution in [2.45, 2.75) is 38.7 Å². The SMILES string of the molecule is CC(=O)OC(C)C(CCc1ccccc1)c1ccc(-c2ccccc2)c(F)c1. The molecular formula is C25H25FO2. The second-order valence-electron chi connectivity index (χ2n) is 7.05. The highest BCUT2D eigenvalue weighted by Crippen LogP contribution is 2.31. The van der Waals surface area contributed by atoms with Crippen LogP contribution in [0.5, 0.6) is 0 Å². The first-order valence-electron chi connectivity index (χ1n) is 9.60. The van der Waals surface area contributed by atoms with Crippen LogP contribution in [0.15, 0.2) is 78.9 Å². The molecule has 3 aromatic rings. The van der Waals surface area contributed by atoms with E-state index in [1.807, 2.05) is 67.6 Å². The number of esters is 1. The molecule has 3 aromatic carbocycles. The van der Waals surface area contributed by atoms with Gasteiger partial charge in [0.2, 0.25) is 0 Å². The number of carbonyl (C=O) groups excluding carboxylic acids is 1. The Morgan fingerprint density at radius 1 is 0.964 bits per heavy atom. The molecule has 2 atom stereocenters. The lowest BCUT2D eigenvalue weighted by molar-refractivity contribution is -0.146. The van der Waals surface area contributed by atoms with Crippen LogP contribution in [0.2, 0.25) is 0 Å². The Balaban J connectivity index is 1.86. The van der Waals surface area contributed by atoms with Crippen molar-refractivity contribution in [3.8, 4) is 11.1 Å². The third kappa shape index (κ3) is 5.07. The van der Waals surface area contributed by atoms with E-state index in [1.165, 1.54) is 12.5 Å². The highest BCUT2D eigenvalue weighted by atomic mass is 19.1. The summed E-state index contributed by atoms with van der Waals surface area (Å²) < 4.78 is 20.3. The smallest absolute Gasteiger partial charge is 0.302 e. The normalized spacial score (nSPS) is 13.0. The molecular weight excluding hydrogens is 351 g/mol. The van der Waals surface area contributed by atoms with E-state index >= 15 is 0 Å². The van der Waals surface area contributed by atoms with Crippen LogP contribution in [0, 0.1) is 5.82 Å². The number of ether oxygens (including phenoxy) is 1. The van der Waals surface area contributed by atoms with E-state index in [0.29, 0.717) is 5.56 Å². The van der Waals surface area contributed by atoms with Crippen LogP contribution < -0.4 is 0 Å². The molecule has 0 saturated carbocycles. The largest absolute Gasteiger partial charge is 0.462 e. The third-order valence-corrected chi connectivity index (χ3v) is 5.01. The van der Waals surface area contributed by atoms with Gasteiger partial charge in [-0.15, -0.1) is 0 Å². The Morgan fingerprint density at radius 3 is 2.21 bits per heavy atom. The van der Waals surface area contributed by atoms with Crippen LogP contribution in [-0.2, 0) is 16.0 Å². The second kappa shape index (κ2) is 9.32. The summed E-state index contributed by atoms with van der Waals surface area (Å²) >= 11 is 0. The second-order valence-corrected chi connectivity index (χ2v) is 7.05. The quantitative estimate of drug-likeness (QED) is 0.462. The molecule has 0 saturated heterocycles. The van der Waals surface area contributed by atoms with Crippen LogP contribution in [-0.4, -0.2) is 12.1 Å². The monoisotopic (exact) mass is 376 g/mol. The maximum atomic E-state index is 14.9. The minimum atomic E-state index is -0.330. The van der Waals surface area contributed by atoms with E-state index < -0.39 is 0 Å². The van der Waals surface area contributed by atoms with Crippen molar-refractivity contribution in [2.24, 2.45) is 0 Å². The molecule has 0 aromatic heterocycles. The summed E-state index contributed by atoms with van der Waals surface area (Å²) in [5, 5.41) is 0. The molecule has 3 rings (SSSR count). The zero-order chi connectivity index (χ0) is 19.9. The summed E-state index contributed by atoms with van der Waals surface area (Å²) in [6.45, 7) is 3.28. The fourth-order valence-electron chi connectivity index (χ4n) is 3.60. The summed E-state index contributed by atoms with van der Waals surface area (Å²) in [4.78, 5) is 11.5. The zero-order valence-electron chi connectivity index (χ0n) is 16.3. The van der Waals surface area contributed by atoms with Crippen LogP contribution in [0.1, 0.15) is 37.3 Å². The van der Waals surface area contributed by atoms with E-state index in [4.69, 9.17) is 4.74 Å². The molecule has 2 nitrogen and oxygen atoms in total. The third-order valence-electron chi connectivity index (χ3n) is 5.01. The van der Waals surface area contributed by atoms with Crippen LogP contribution in [0.3, 0.4) is 0 Å². The first-order valence-corrected chi connectivity index (χ1v) is 9.60. The van der Waals surface area contributed by atoms with Gasteiger partial charge in [0.25, 0.3) is 0 Å². The van der Waals surface area contributed by atoms with Gasteiger partial charge in [-0.3, -0.25) is 4.79 Å². The first kappa shape index (κ1) is 19.8. The molecule has 0 N–H and O–H groups in total. The Hall–Kier alpha value is -2.94. The topological polar surface area (TPSA) is 26.3 Å². The number of benzene rings is 3. The van der Waals surface area contributed by atoms with Crippen LogP contribution in [0.25, 0.3) is 11.1 Å². The summed E-state index contributed by atoms with van der Waals surface area (Å²) in [5.74, 6) is -0.662. The standard InChI is InChI=1S/C25H25FO2/c1-18(28-19(2)27)23(15-13-20-9-5-3-6-10-20)22-14-16-24(25(26)17-22)21-11-7-4-8-12-21/h3-12,14,16-18,23H,13,15H2,1-2H3. The van der Waals surface area contributed by atoms with Crippen molar-refractivity contribution < 1.29 is 13.9 Å². The van der Waals surface area contributed by atoms with E-state index in [0.717, 1.165) is 24.0 Å². The number of halogens is 1. The van der Waals surface area contributed by atoms with E-state index in [-0.39, 0.29) is 23.8 Å². The number of aryl methyl sites for hydroxylation is 1. The minimum Gasteiger partial charge on any atom is -0.462 e. The van der Waals surface area contributed by atoms with Gasteiger partial charge in [0.05, 0.1) is 0 Å². The van der Waals surface area contributed by atoms with Crippen LogP contribution in [0.4, 0.5) is 4.39 Å². The summed E-state index contributed by atoms with van der Waals surface area (Å²) in [6.07, 6.45) is 1.27. The van der Waals surface area contributed by atoms with Crippen molar-refractivity contribution in [2.75, 3.05) is 0 Å². The molecule has 0 radical (unpaired) electrons. The maximum Gasteiger partial charge on any atom is 0.302 e. The Bertz CT molecular complexity index is 906. The molecule has 0 spiro atoms. The van der Waals surface area contributed by atoms with Gasteiger partial charge >= 0.3 is 5.97 Å². The van der Waals surface area contributed by atoms with Gasteiger partial charge in [0.1, 0.15) is 11.9 Å². The van der Waals surface area contributed by atoms with Gasteiger partial charge in [0.15, 0.2) is 0 Å². The predicted molar refractivity (Wildman–Crippen MR) is 111 cm³/mol. The number of hydrogen-bond donors (Lipinski definition) is 0. The predicted octanol–water partition coefficient (Wildman–Crippen LogP) is 6.16. The average molecular weight is 376 g/mol. The molecule has 0 amide bonds. The fourth-order valence-corrected chi connectivity index (χ4v) is 3.60. The number of carbonyl (C=O) groups is 1. The molecule has 0 aliphatic rings. The molecule has 28 heavy (non-hydrogen) atoms. The van der Waals surface area contributed by atoms with Gasteiger partial charge in [-0.25, -0.2) is 4.39 Å². The van der Waals surface area contributed by atoms with E-state index in [2.05, 4.69) is 12.1 Å². The Morgan fingerprint density at radius 2 is 1.61 bits per heavy atom. The summed E-state index contributed by atoms with van der Waals surface area (Å²) in [7, 11) is 0. The van der Waals surface area contributed by atoms with Crippen LogP contribution >= 0.6 is 0 Å².